The molecule has 1 aromatic carbocycles. The van der Waals surface area contributed by atoms with Crippen LogP contribution in [0, 0.1) is 0 Å². The molecule has 0 aromatic heterocycles. The fourth-order valence-corrected chi connectivity index (χ4v) is 1.49. The van der Waals surface area contributed by atoms with Crippen LogP contribution < -0.4 is 5.32 Å². The fourth-order valence-electron chi connectivity index (χ4n) is 1.10. The van der Waals surface area contributed by atoms with Crippen molar-refractivity contribution in [3.63, 3.8) is 0 Å². The second-order valence-electron chi connectivity index (χ2n) is 3.19. The van der Waals surface area contributed by atoms with Gasteiger partial charge in [-0.3, -0.25) is 0 Å². The molecule has 0 saturated heterocycles. The fraction of sp³-hybridized carbons (Fsp3) is 0.400. The van der Waals surface area contributed by atoms with E-state index in [9.17, 15) is 0 Å². The van der Waals surface area contributed by atoms with Gasteiger partial charge in [-0.25, -0.2) is 0 Å². The Hall–Kier alpha value is 0.01000. The Kier molecular flexibility index (Phi) is 7.32. The minimum atomic E-state index is -0.354. The molecule has 0 spiro atoms. The van der Waals surface area contributed by atoms with E-state index in [1.807, 2.05) is 12.1 Å². The van der Waals surface area contributed by atoms with Crippen LogP contribution >= 0.6 is 35.6 Å². The maximum atomic E-state index is 9.03. The first-order valence-electron chi connectivity index (χ1n) is 4.43. The first-order chi connectivity index (χ1) is 6.61. The molecule has 86 valence electrons. The van der Waals surface area contributed by atoms with Gasteiger partial charge in [-0.15, -0.1) is 12.4 Å². The normalized spacial score (nSPS) is 12.0. The van der Waals surface area contributed by atoms with Crippen LogP contribution in [0.4, 0.5) is 0 Å². The second-order valence-corrected chi connectivity index (χ2v) is 3.98. The van der Waals surface area contributed by atoms with Crippen LogP contribution in [-0.4, -0.2) is 17.8 Å². The standard InChI is InChI=1S/C10H13Cl2NO.ClH/c1-7(14)5-13-6-8-3-2-4-9(11)10(8)12;/h2-4,7,13-14H,5-6H2,1H3;1H. The van der Waals surface area contributed by atoms with E-state index in [0.29, 0.717) is 23.1 Å². The Labute approximate surface area is 106 Å². The van der Waals surface area contributed by atoms with E-state index in [2.05, 4.69) is 5.32 Å². The molecule has 0 radical (unpaired) electrons. The summed E-state index contributed by atoms with van der Waals surface area (Å²) in [5.74, 6) is 0. The smallest absolute Gasteiger partial charge is 0.0637 e. The Morgan fingerprint density at radius 2 is 2.07 bits per heavy atom. The first kappa shape index (κ1) is 15.0. The van der Waals surface area contributed by atoms with Gasteiger partial charge in [0.15, 0.2) is 0 Å². The monoisotopic (exact) mass is 269 g/mol. The average Bonchev–Trinajstić information content (AvgIpc) is 2.12. The topological polar surface area (TPSA) is 32.3 Å². The van der Waals surface area contributed by atoms with Crippen LogP contribution in [0.1, 0.15) is 12.5 Å². The number of benzene rings is 1. The molecule has 2 nitrogen and oxygen atoms in total. The molecule has 15 heavy (non-hydrogen) atoms. The lowest BCUT2D eigenvalue weighted by atomic mass is 10.2. The first-order valence-corrected chi connectivity index (χ1v) is 5.18. The predicted octanol–water partition coefficient (Wildman–Crippen LogP) is 2.89. The Balaban J connectivity index is 0.00000196. The number of rotatable bonds is 4. The van der Waals surface area contributed by atoms with Gasteiger partial charge in [-0.1, -0.05) is 35.3 Å². The summed E-state index contributed by atoms with van der Waals surface area (Å²) in [4.78, 5) is 0. The van der Waals surface area contributed by atoms with E-state index >= 15 is 0 Å². The number of hydrogen-bond donors (Lipinski definition) is 2. The van der Waals surface area contributed by atoms with Gasteiger partial charge in [-0.2, -0.15) is 0 Å². The maximum Gasteiger partial charge on any atom is 0.0637 e. The number of hydrogen-bond acceptors (Lipinski definition) is 2. The maximum absolute atomic E-state index is 9.03. The van der Waals surface area contributed by atoms with Crippen molar-refractivity contribution in [2.45, 2.75) is 19.6 Å². The third-order valence-corrected chi connectivity index (χ3v) is 2.64. The van der Waals surface area contributed by atoms with Crippen molar-refractivity contribution in [1.82, 2.24) is 5.32 Å². The number of nitrogens with one attached hydrogen (secondary N) is 1. The minimum absolute atomic E-state index is 0. The van der Waals surface area contributed by atoms with E-state index in [1.54, 1.807) is 13.0 Å². The third kappa shape index (κ3) is 5.05. The van der Waals surface area contributed by atoms with Crippen molar-refractivity contribution in [1.29, 1.82) is 0 Å². The second kappa shape index (κ2) is 7.31. The van der Waals surface area contributed by atoms with Gasteiger partial charge in [0.1, 0.15) is 0 Å². The van der Waals surface area contributed by atoms with E-state index in [0.717, 1.165) is 5.56 Å². The summed E-state index contributed by atoms with van der Waals surface area (Å²) in [6, 6.07) is 5.51. The highest BCUT2D eigenvalue weighted by molar-refractivity contribution is 6.42. The van der Waals surface area contributed by atoms with Crippen molar-refractivity contribution in [2.75, 3.05) is 6.54 Å². The lowest BCUT2D eigenvalue weighted by Crippen LogP contribution is -2.23. The van der Waals surface area contributed by atoms with Crippen LogP contribution in [-0.2, 0) is 6.54 Å². The van der Waals surface area contributed by atoms with Gasteiger partial charge >= 0.3 is 0 Å². The zero-order chi connectivity index (χ0) is 10.6. The van der Waals surface area contributed by atoms with Crippen LogP contribution in [0.2, 0.25) is 10.0 Å². The number of halogens is 3. The zero-order valence-corrected chi connectivity index (χ0v) is 10.7. The van der Waals surface area contributed by atoms with Gasteiger partial charge in [0.05, 0.1) is 16.1 Å². The van der Waals surface area contributed by atoms with Crippen LogP contribution in [0.5, 0.6) is 0 Å². The largest absolute Gasteiger partial charge is 0.392 e. The highest BCUT2D eigenvalue weighted by Gasteiger charge is 2.03. The lowest BCUT2D eigenvalue weighted by molar-refractivity contribution is 0.191. The molecule has 0 heterocycles. The van der Waals surface area contributed by atoms with Crippen molar-refractivity contribution < 1.29 is 5.11 Å². The molecule has 1 rings (SSSR count). The highest BCUT2D eigenvalue weighted by atomic mass is 35.5. The molecule has 0 fully saturated rings. The van der Waals surface area contributed by atoms with Crippen molar-refractivity contribution in [3.8, 4) is 0 Å². The molecule has 5 heteroatoms. The summed E-state index contributed by atoms with van der Waals surface area (Å²) < 4.78 is 0. The SMILES string of the molecule is CC(O)CNCc1cccc(Cl)c1Cl.Cl. The zero-order valence-electron chi connectivity index (χ0n) is 8.34. The van der Waals surface area contributed by atoms with Crippen LogP contribution in [0.3, 0.4) is 0 Å². The van der Waals surface area contributed by atoms with Crippen LogP contribution in [0.15, 0.2) is 18.2 Å². The molecule has 0 aliphatic carbocycles. The molecule has 2 N–H and O–H groups in total. The van der Waals surface area contributed by atoms with E-state index in [-0.39, 0.29) is 18.5 Å². The number of aliphatic hydroxyl groups is 1. The average molecular weight is 271 g/mol. The molecule has 0 aliphatic rings. The third-order valence-electron chi connectivity index (χ3n) is 1.79. The van der Waals surface area contributed by atoms with E-state index < -0.39 is 0 Å². The molecular formula is C10H14Cl3NO. The highest BCUT2D eigenvalue weighted by Crippen LogP contribution is 2.25. The van der Waals surface area contributed by atoms with Crippen molar-refractivity contribution in [3.05, 3.63) is 33.8 Å². The van der Waals surface area contributed by atoms with Crippen molar-refractivity contribution >= 4 is 35.6 Å². The van der Waals surface area contributed by atoms with Gasteiger partial charge in [0.25, 0.3) is 0 Å². The van der Waals surface area contributed by atoms with E-state index in [4.69, 9.17) is 28.3 Å². The van der Waals surface area contributed by atoms with Crippen molar-refractivity contribution in [2.24, 2.45) is 0 Å². The molecule has 0 saturated carbocycles. The Morgan fingerprint density at radius 1 is 1.40 bits per heavy atom. The Bertz CT molecular complexity index is 305. The van der Waals surface area contributed by atoms with Crippen LogP contribution in [0.25, 0.3) is 0 Å². The summed E-state index contributed by atoms with van der Waals surface area (Å²) in [6.45, 7) is 2.89. The molecule has 0 amide bonds. The molecule has 0 aliphatic heterocycles. The predicted molar refractivity (Wildman–Crippen MR) is 67.1 cm³/mol. The number of aliphatic hydroxyl groups excluding tert-OH is 1. The molecule has 1 aromatic rings. The summed E-state index contributed by atoms with van der Waals surface area (Å²) in [7, 11) is 0. The molecule has 1 atom stereocenters. The minimum Gasteiger partial charge on any atom is -0.392 e. The molecular weight excluding hydrogens is 256 g/mol. The summed E-state index contributed by atoms with van der Waals surface area (Å²) in [5.41, 5.74) is 0.944. The van der Waals surface area contributed by atoms with Gasteiger partial charge in [0.2, 0.25) is 0 Å². The van der Waals surface area contributed by atoms with Gasteiger partial charge < -0.3 is 10.4 Å². The summed E-state index contributed by atoms with van der Waals surface area (Å²) >= 11 is 11.8. The molecule has 0 bridgehead atoms. The quantitative estimate of drug-likeness (QED) is 0.882. The van der Waals surface area contributed by atoms with E-state index in [1.165, 1.54) is 0 Å². The molecule has 1 unspecified atom stereocenters. The summed E-state index contributed by atoms with van der Waals surface area (Å²) in [5, 5.41) is 13.2. The lowest BCUT2D eigenvalue weighted by Gasteiger charge is -2.08. The van der Waals surface area contributed by atoms with Gasteiger partial charge in [-0.05, 0) is 18.6 Å². The van der Waals surface area contributed by atoms with Gasteiger partial charge in [0, 0.05) is 13.1 Å². The summed E-state index contributed by atoms with van der Waals surface area (Å²) in [6.07, 6.45) is -0.354. The Morgan fingerprint density at radius 3 is 2.67 bits per heavy atom.